The highest BCUT2D eigenvalue weighted by atomic mass is 16.5. The third-order valence-electron chi connectivity index (χ3n) is 1.87. The van der Waals surface area contributed by atoms with Gasteiger partial charge in [0, 0.05) is 5.56 Å². The van der Waals surface area contributed by atoms with Gasteiger partial charge in [0.25, 0.3) is 5.91 Å². The minimum Gasteiger partial charge on any atom is -0.493 e. The summed E-state index contributed by atoms with van der Waals surface area (Å²) in [5, 5.41) is 10.1. The number of imide groups is 1. The average molecular weight is 225 g/mol. The molecule has 6 heteroatoms. The minimum atomic E-state index is -1.40. The molecule has 86 valence electrons. The largest absolute Gasteiger partial charge is 0.493 e. The summed E-state index contributed by atoms with van der Waals surface area (Å²) in [6.45, 7) is 0. The van der Waals surface area contributed by atoms with Gasteiger partial charge in [-0.05, 0) is 18.2 Å². The zero-order chi connectivity index (χ0) is 12.1. The number of benzene rings is 1. The molecule has 0 aliphatic carbocycles. The van der Waals surface area contributed by atoms with Crippen molar-refractivity contribution in [1.82, 2.24) is 5.32 Å². The smallest absolute Gasteiger partial charge is 0.411 e. The van der Waals surface area contributed by atoms with Gasteiger partial charge in [-0.1, -0.05) is 0 Å². The molecule has 0 aliphatic rings. The van der Waals surface area contributed by atoms with E-state index in [-0.39, 0.29) is 5.56 Å². The molecule has 0 bridgehead atoms. The topological polar surface area (TPSA) is 84.9 Å². The van der Waals surface area contributed by atoms with Gasteiger partial charge in [-0.15, -0.1) is 0 Å². The van der Waals surface area contributed by atoms with Gasteiger partial charge in [0.1, 0.15) is 0 Å². The van der Waals surface area contributed by atoms with Crippen LogP contribution in [0.15, 0.2) is 18.2 Å². The third-order valence-corrected chi connectivity index (χ3v) is 1.87. The first-order chi connectivity index (χ1) is 7.58. The maximum atomic E-state index is 11.3. The number of hydrogen-bond acceptors (Lipinski definition) is 4. The minimum absolute atomic E-state index is 0.181. The van der Waals surface area contributed by atoms with Crippen molar-refractivity contribution in [3.05, 3.63) is 23.8 Å². The number of methoxy groups -OCH3 is 2. The van der Waals surface area contributed by atoms with Crippen LogP contribution < -0.4 is 14.8 Å². The first kappa shape index (κ1) is 11.8. The summed E-state index contributed by atoms with van der Waals surface area (Å²) >= 11 is 0. The summed E-state index contributed by atoms with van der Waals surface area (Å²) in [6, 6.07) is 4.37. The molecule has 0 aromatic heterocycles. The quantitative estimate of drug-likeness (QED) is 0.804. The Labute approximate surface area is 91.8 Å². The molecular weight excluding hydrogens is 214 g/mol. The third kappa shape index (κ3) is 2.63. The standard InChI is InChI=1S/C10H11NO5/c1-15-7-4-3-6(5-8(7)16-2)9(12)11-10(13)14/h3-5H,1-2H3,(H,11,12)(H,13,14). The van der Waals surface area contributed by atoms with Crippen LogP contribution in [0.5, 0.6) is 11.5 Å². The molecule has 0 heterocycles. The van der Waals surface area contributed by atoms with Crippen molar-refractivity contribution in [1.29, 1.82) is 0 Å². The van der Waals surface area contributed by atoms with Gasteiger partial charge in [-0.2, -0.15) is 0 Å². The Balaban J connectivity index is 2.98. The Morgan fingerprint density at radius 3 is 2.31 bits per heavy atom. The zero-order valence-corrected chi connectivity index (χ0v) is 8.81. The van der Waals surface area contributed by atoms with Crippen LogP contribution in [0.1, 0.15) is 10.4 Å². The maximum Gasteiger partial charge on any atom is 0.411 e. The molecule has 1 aromatic rings. The van der Waals surface area contributed by atoms with Gasteiger partial charge in [-0.25, -0.2) is 4.79 Å². The van der Waals surface area contributed by atoms with E-state index >= 15 is 0 Å². The van der Waals surface area contributed by atoms with E-state index in [1.165, 1.54) is 32.4 Å². The van der Waals surface area contributed by atoms with Crippen molar-refractivity contribution >= 4 is 12.0 Å². The lowest BCUT2D eigenvalue weighted by Crippen LogP contribution is -2.28. The second kappa shape index (κ2) is 5.01. The van der Waals surface area contributed by atoms with E-state index in [1.54, 1.807) is 5.32 Å². The number of ether oxygens (including phenoxy) is 2. The fourth-order valence-corrected chi connectivity index (χ4v) is 1.15. The number of carbonyl (C=O) groups is 2. The van der Waals surface area contributed by atoms with Crippen molar-refractivity contribution in [2.45, 2.75) is 0 Å². The molecule has 16 heavy (non-hydrogen) atoms. The van der Waals surface area contributed by atoms with Crippen LogP contribution >= 0.6 is 0 Å². The summed E-state index contributed by atoms with van der Waals surface area (Å²) in [5.41, 5.74) is 0.181. The molecular formula is C10H11NO5. The second-order valence-corrected chi connectivity index (χ2v) is 2.83. The van der Waals surface area contributed by atoms with E-state index in [0.717, 1.165) is 0 Å². The van der Waals surface area contributed by atoms with Gasteiger partial charge >= 0.3 is 6.09 Å². The molecule has 0 saturated heterocycles. The summed E-state index contributed by atoms with van der Waals surface area (Å²) in [5.74, 6) is 0.114. The normalized spacial score (nSPS) is 9.38. The molecule has 0 atom stereocenters. The molecule has 0 fully saturated rings. The van der Waals surface area contributed by atoms with E-state index in [1.807, 2.05) is 0 Å². The molecule has 0 spiro atoms. The number of amides is 2. The Kier molecular flexibility index (Phi) is 3.71. The van der Waals surface area contributed by atoms with Crippen LogP contribution in [0, 0.1) is 0 Å². The number of hydrogen-bond donors (Lipinski definition) is 2. The SMILES string of the molecule is COc1ccc(C(=O)NC(=O)O)cc1OC. The van der Waals surface area contributed by atoms with E-state index in [2.05, 4.69) is 0 Å². The molecule has 0 aliphatic heterocycles. The highest BCUT2D eigenvalue weighted by molar-refractivity contribution is 6.02. The lowest BCUT2D eigenvalue weighted by molar-refractivity contribution is 0.0947. The van der Waals surface area contributed by atoms with Crippen LogP contribution in [0.4, 0.5) is 4.79 Å². The maximum absolute atomic E-state index is 11.3. The molecule has 2 amide bonds. The predicted molar refractivity (Wildman–Crippen MR) is 55.0 cm³/mol. The van der Waals surface area contributed by atoms with Crippen LogP contribution in [0.2, 0.25) is 0 Å². The Morgan fingerprint density at radius 2 is 1.81 bits per heavy atom. The number of nitrogens with one attached hydrogen (secondary N) is 1. The highest BCUT2D eigenvalue weighted by Crippen LogP contribution is 2.27. The second-order valence-electron chi connectivity index (χ2n) is 2.83. The van der Waals surface area contributed by atoms with Gasteiger partial charge in [0.15, 0.2) is 11.5 Å². The van der Waals surface area contributed by atoms with Gasteiger partial charge in [-0.3, -0.25) is 10.1 Å². The van der Waals surface area contributed by atoms with Gasteiger partial charge in [0.2, 0.25) is 0 Å². The van der Waals surface area contributed by atoms with Gasteiger partial charge in [0.05, 0.1) is 14.2 Å². The monoisotopic (exact) mass is 225 g/mol. The van der Waals surface area contributed by atoms with Crippen LogP contribution in [-0.4, -0.2) is 31.3 Å². The van der Waals surface area contributed by atoms with E-state index in [4.69, 9.17) is 14.6 Å². The fraction of sp³-hybridized carbons (Fsp3) is 0.200. The zero-order valence-electron chi connectivity index (χ0n) is 8.81. The lowest BCUT2D eigenvalue weighted by Gasteiger charge is -2.08. The molecule has 0 unspecified atom stereocenters. The first-order valence-corrected chi connectivity index (χ1v) is 4.34. The molecule has 6 nitrogen and oxygen atoms in total. The Bertz CT molecular complexity index is 416. The van der Waals surface area contributed by atoms with Gasteiger partial charge < -0.3 is 14.6 Å². The van der Waals surface area contributed by atoms with Crippen LogP contribution in [0.25, 0.3) is 0 Å². The number of carboxylic acid groups (broad SMARTS) is 1. The Morgan fingerprint density at radius 1 is 1.19 bits per heavy atom. The van der Waals surface area contributed by atoms with E-state index in [0.29, 0.717) is 11.5 Å². The van der Waals surface area contributed by atoms with Crippen LogP contribution in [-0.2, 0) is 0 Å². The van der Waals surface area contributed by atoms with Crippen molar-refractivity contribution in [2.24, 2.45) is 0 Å². The van der Waals surface area contributed by atoms with Crippen molar-refractivity contribution in [2.75, 3.05) is 14.2 Å². The molecule has 0 radical (unpaired) electrons. The van der Waals surface area contributed by atoms with Crippen molar-refractivity contribution in [3.8, 4) is 11.5 Å². The number of carbonyl (C=O) groups excluding carboxylic acids is 1. The molecule has 1 aromatic carbocycles. The Hall–Kier alpha value is -2.24. The summed E-state index contributed by atoms with van der Waals surface area (Å²) in [4.78, 5) is 21.6. The fourth-order valence-electron chi connectivity index (χ4n) is 1.15. The van der Waals surface area contributed by atoms with Crippen LogP contribution in [0.3, 0.4) is 0 Å². The van der Waals surface area contributed by atoms with E-state index < -0.39 is 12.0 Å². The summed E-state index contributed by atoms with van der Waals surface area (Å²) < 4.78 is 9.96. The highest BCUT2D eigenvalue weighted by Gasteiger charge is 2.12. The number of rotatable bonds is 3. The lowest BCUT2D eigenvalue weighted by atomic mass is 10.2. The first-order valence-electron chi connectivity index (χ1n) is 4.34. The average Bonchev–Trinajstić information content (AvgIpc) is 2.27. The van der Waals surface area contributed by atoms with E-state index in [9.17, 15) is 9.59 Å². The molecule has 0 saturated carbocycles. The summed E-state index contributed by atoms with van der Waals surface area (Å²) in [7, 11) is 2.89. The predicted octanol–water partition coefficient (Wildman–Crippen LogP) is 1.11. The van der Waals surface area contributed by atoms with Crippen molar-refractivity contribution < 1.29 is 24.2 Å². The summed E-state index contributed by atoms with van der Waals surface area (Å²) in [6.07, 6.45) is -1.40. The molecule has 2 N–H and O–H groups in total. The van der Waals surface area contributed by atoms with Crippen molar-refractivity contribution in [3.63, 3.8) is 0 Å². The molecule has 1 rings (SSSR count).